The molecule has 0 saturated carbocycles. The molecular weight excluding hydrogens is 273 g/mol. The predicted octanol–water partition coefficient (Wildman–Crippen LogP) is 2.61. The second-order valence-corrected chi connectivity index (χ2v) is 5.28. The summed E-state index contributed by atoms with van der Waals surface area (Å²) in [5, 5.41) is 0. The van der Waals surface area contributed by atoms with Crippen molar-refractivity contribution in [2.24, 2.45) is 5.92 Å². The Hall–Kier alpha value is -1.62. The van der Waals surface area contributed by atoms with Crippen LogP contribution in [0.1, 0.15) is 25.3 Å². The highest BCUT2D eigenvalue weighted by molar-refractivity contribution is 5.72. The van der Waals surface area contributed by atoms with Gasteiger partial charge in [0.05, 0.1) is 19.6 Å². The van der Waals surface area contributed by atoms with Crippen LogP contribution < -0.4 is 4.74 Å². The molecule has 0 N–H and O–H groups in total. The minimum absolute atomic E-state index is 0.0849. The van der Waals surface area contributed by atoms with Gasteiger partial charge in [-0.25, -0.2) is 4.39 Å². The number of nitrogens with zero attached hydrogens (tertiary/aromatic N) is 1. The number of halogens is 1. The molecule has 4 nitrogen and oxygen atoms in total. The van der Waals surface area contributed by atoms with E-state index in [-0.39, 0.29) is 17.7 Å². The lowest BCUT2D eigenvalue weighted by molar-refractivity contribution is -0.150. The summed E-state index contributed by atoms with van der Waals surface area (Å²) in [5.41, 5.74) is 0.807. The number of esters is 1. The van der Waals surface area contributed by atoms with Crippen molar-refractivity contribution in [3.05, 3.63) is 29.6 Å². The van der Waals surface area contributed by atoms with Gasteiger partial charge >= 0.3 is 5.97 Å². The van der Waals surface area contributed by atoms with E-state index in [1.165, 1.54) is 12.1 Å². The minimum Gasteiger partial charge on any atom is -0.496 e. The molecule has 0 aromatic heterocycles. The first-order valence-electron chi connectivity index (χ1n) is 7.35. The first kappa shape index (κ1) is 15.8. The SMILES string of the molecule is CCOC(=O)C1CCCN(Cc2cc(F)ccc2OC)C1. The van der Waals surface area contributed by atoms with Crippen molar-refractivity contribution in [1.29, 1.82) is 0 Å². The Labute approximate surface area is 124 Å². The second-order valence-electron chi connectivity index (χ2n) is 5.28. The van der Waals surface area contributed by atoms with Crippen LogP contribution in [0, 0.1) is 11.7 Å². The van der Waals surface area contributed by atoms with Crippen LogP contribution in [-0.4, -0.2) is 37.7 Å². The summed E-state index contributed by atoms with van der Waals surface area (Å²) < 4.78 is 23.8. The van der Waals surface area contributed by atoms with E-state index in [0.29, 0.717) is 25.4 Å². The van der Waals surface area contributed by atoms with Crippen molar-refractivity contribution in [3.63, 3.8) is 0 Å². The molecule has 1 atom stereocenters. The number of benzene rings is 1. The van der Waals surface area contributed by atoms with Crippen molar-refractivity contribution in [3.8, 4) is 5.75 Å². The average Bonchev–Trinajstić information content (AvgIpc) is 2.48. The molecule has 1 saturated heterocycles. The first-order valence-corrected chi connectivity index (χ1v) is 7.35. The Morgan fingerprint density at radius 2 is 2.29 bits per heavy atom. The van der Waals surface area contributed by atoms with E-state index in [2.05, 4.69) is 4.90 Å². The fraction of sp³-hybridized carbons (Fsp3) is 0.562. The van der Waals surface area contributed by atoms with Crippen molar-refractivity contribution in [2.75, 3.05) is 26.8 Å². The molecule has 0 amide bonds. The van der Waals surface area contributed by atoms with E-state index < -0.39 is 0 Å². The molecule has 1 aromatic carbocycles. The van der Waals surface area contributed by atoms with Gasteiger partial charge in [-0.05, 0) is 44.5 Å². The standard InChI is InChI=1S/C16H22FNO3/c1-3-21-16(19)12-5-4-8-18(10-12)11-13-9-14(17)6-7-15(13)20-2/h6-7,9,12H,3-5,8,10-11H2,1-2H3. The summed E-state index contributed by atoms with van der Waals surface area (Å²) in [6, 6.07) is 4.52. The number of piperidine rings is 1. The fourth-order valence-corrected chi connectivity index (χ4v) is 2.76. The van der Waals surface area contributed by atoms with Crippen LogP contribution >= 0.6 is 0 Å². The lowest BCUT2D eigenvalue weighted by Gasteiger charge is -2.31. The van der Waals surface area contributed by atoms with Crippen molar-refractivity contribution < 1.29 is 18.7 Å². The Kier molecular flexibility index (Phi) is 5.56. The molecule has 0 bridgehead atoms. The molecule has 21 heavy (non-hydrogen) atoms. The number of likely N-dealkylation sites (tertiary alicyclic amines) is 1. The Bertz CT molecular complexity index is 492. The predicted molar refractivity (Wildman–Crippen MR) is 77.6 cm³/mol. The molecule has 0 aliphatic carbocycles. The minimum atomic E-state index is -0.273. The Morgan fingerprint density at radius 1 is 1.48 bits per heavy atom. The van der Waals surface area contributed by atoms with E-state index >= 15 is 0 Å². The summed E-state index contributed by atoms with van der Waals surface area (Å²) in [6.07, 6.45) is 1.80. The molecule has 0 spiro atoms. The van der Waals surface area contributed by atoms with E-state index in [9.17, 15) is 9.18 Å². The molecule has 1 unspecified atom stereocenters. The number of carbonyl (C=O) groups excluding carboxylic acids is 1. The zero-order chi connectivity index (χ0) is 15.2. The van der Waals surface area contributed by atoms with Crippen LogP contribution in [0.4, 0.5) is 4.39 Å². The van der Waals surface area contributed by atoms with Crippen LogP contribution in [0.15, 0.2) is 18.2 Å². The maximum Gasteiger partial charge on any atom is 0.310 e. The number of hydrogen-bond donors (Lipinski definition) is 0. The molecule has 1 heterocycles. The van der Waals surface area contributed by atoms with Gasteiger partial charge in [-0.15, -0.1) is 0 Å². The Morgan fingerprint density at radius 3 is 3.00 bits per heavy atom. The monoisotopic (exact) mass is 295 g/mol. The zero-order valence-corrected chi connectivity index (χ0v) is 12.6. The third-order valence-electron chi connectivity index (χ3n) is 3.76. The molecule has 1 aromatic rings. The van der Waals surface area contributed by atoms with Gasteiger partial charge in [-0.1, -0.05) is 0 Å². The highest BCUT2D eigenvalue weighted by atomic mass is 19.1. The highest BCUT2D eigenvalue weighted by Gasteiger charge is 2.27. The average molecular weight is 295 g/mol. The Balaban J connectivity index is 2.02. The number of hydrogen-bond acceptors (Lipinski definition) is 4. The van der Waals surface area contributed by atoms with E-state index in [1.807, 2.05) is 6.92 Å². The van der Waals surface area contributed by atoms with Gasteiger partial charge in [0.2, 0.25) is 0 Å². The van der Waals surface area contributed by atoms with Gasteiger partial charge in [-0.3, -0.25) is 9.69 Å². The fourth-order valence-electron chi connectivity index (χ4n) is 2.76. The van der Waals surface area contributed by atoms with Gasteiger partial charge < -0.3 is 9.47 Å². The largest absolute Gasteiger partial charge is 0.496 e. The molecule has 116 valence electrons. The second kappa shape index (κ2) is 7.41. The number of rotatable bonds is 5. The quantitative estimate of drug-likeness (QED) is 0.783. The van der Waals surface area contributed by atoms with Gasteiger partial charge in [0.1, 0.15) is 11.6 Å². The number of ether oxygens (including phenoxy) is 2. The molecule has 1 fully saturated rings. The summed E-state index contributed by atoms with van der Waals surface area (Å²) in [7, 11) is 1.58. The van der Waals surface area contributed by atoms with Crippen LogP contribution in [0.2, 0.25) is 0 Å². The van der Waals surface area contributed by atoms with Crippen molar-refractivity contribution in [2.45, 2.75) is 26.3 Å². The molecule has 5 heteroatoms. The van der Waals surface area contributed by atoms with Gasteiger partial charge in [0.25, 0.3) is 0 Å². The summed E-state index contributed by atoms with van der Waals surface area (Å²) in [5.74, 6) is 0.186. The normalized spacial score (nSPS) is 19.3. The maximum atomic E-state index is 13.4. The van der Waals surface area contributed by atoms with E-state index in [4.69, 9.17) is 9.47 Å². The maximum absolute atomic E-state index is 13.4. The lowest BCUT2D eigenvalue weighted by atomic mass is 9.97. The molecule has 2 rings (SSSR count). The van der Waals surface area contributed by atoms with Crippen molar-refractivity contribution in [1.82, 2.24) is 4.90 Å². The van der Waals surface area contributed by atoms with Gasteiger partial charge in [0.15, 0.2) is 0 Å². The molecule has 1 aliphatic heterocycles. The lowest BCUT2D eigenvalue weighted by Crippen LogP contribution is -2.39. The van der Waals surface area contributed by atoms with E-state index in [1.54, 1.807) is 13.2 Å². The summed E-state index contributed by atoms with van der Waals surface area (Å²) in [4.78, 5) is 14.0. The first-order chi connectivity index (χ1) is 10.1. The topological polar surface area (TPSA) is 38.8 Å². The summed E-state index contributed by atoms with van der Waals surface area (Å²) >= 11 is 0. The molecule has 1 aliphatic rings. The van der Waals surface area contributed by atoms with Crippen LogP contribution in [-0.2, 0) is 16.1 Å². The zero-order valence-electron chi connectivity index (χ0n) is 12.6. The third kappa shape index (κ3) is 4.17. The van der Waals surface area contributed by atoms with Gasteiger partial charge in [0, 0.05) is 18.7 Å². The van der Waals surface area contributed by atoms with Crippen LogP contribution in [0.5, 0.6) is 5.75 Å². The third-order valence-corrected chi connectivity index (χ3v) is 3.76. The smallest absolute Gasteiger partial charge is 0.310 e. The van der Waals surface area contributed by atoms with Crippen LogP contribution in [0.3, 0.4) is 0 Å². The number of methoxy groups -OCH3 is 1. The van der Waals surface area contributed by atoms with E-state index in [0.717, 1.165) is 24.9 Å². The molecule has 0 radical (unpaired) electrons. The summed E-state index contributed by atoms with van der Waals surface area (Å²) in [6.45, 7) is 4.36. The van der Waals surface area contributed by atoms with Crippen molar-refractivity contribution >= 4 is 5.97 Å². The number of carbonyl (C=O) groups is 1. The van der Waals surface area contributed by atoms with Crippen LogP contribution in [0.25, 0.3) is 0 Å². The highest BCUT2D eigenvalue weighted by Crippen LogP contribution is 2.24. The molecular formula is C16H22FNO3. The van der Waals surface area contributed by atoms with Gasteiger partial charge in [-0.2, -0.15) is 0 Å².